The molecule has 0 saturated heterocycles. The third-order valence-electron chi connectivity index (χ3n) is 4.24. The van der Waals surface area contributed by atoms with E-state index in [0.717, 1.165) is 10.1 Å². The summed E-state index contributed by atoms with van der Waals surface area (Å²) in [5.74, 6) is -0.750. The van der Waals surface area contributed by atoms with E-state index in [-0.39, 0.29) is 18.0 Å². The molecule has 2 aromatic carbocycles. The Hall–Kier alpha value is -3.16. The van der Waals surface area contributed by atoms with Crippen molar-refractivity contribution in [1.82, 2.24) is 9.78 Å². The number of hydrogen-bond acceptors (Lipinski definition) is 5. The molecule has 6 nitrogen and oxygen atoms in total. The molecule has 0 aliphatic heterocycles. The summed E-state index contributed by atoms with van der Waals surface area (Å²) >= 11 is 7.73. The predicted molar refractivity (Wildman–Crippen MR) is 114 cm³/mol. The standard InChI is InChI=1S/C21H16ClN3O3S/c1-2-28-21(27)15-12-23-25(13-8-4-3-5-9-13)19(15)24-20(26)18-17(22)14-10-6-7-11-16(14)29-18/h3-12H,2H2,1H3,(H,24,26). The molecule has 0 fully saturated rings. The summed E-state index contributed by atoms with van der Waals surface area (Å²) in [6.45, 7) is 1.93. The molecule has 2 aromatic heterocycles. The maximum atomic E-state index is 13.0. The number of aromatic nitrogens is 2. The van der Waals surface area contributed by atoms with E-state index in [1.807, 2.05) is 54.6 Å². The number of carbonyl (C=O) groups is 2. The smallest absolute Gasteiger partial charge is 0.343 e. The monoisotopic (exact) mass is 425 g/mol. The second-order valence-corrected chi connectivity index (χ2v) is 7.50. The number of nitrogens with one attached hydrogen (secondary N) is 1. The van der Waals surface area contributed by atoms with Gasteiger partial charge in [0.1, 0.15) is 10.4 Å². The number of benzene rings is 2. The van der Waals surface area contributed by atoms with Gasteiger partial charge in [-0.3, -0.25) is 4.79 Å². The van der Waals surface area contributed by atoms with Gasteiger partial charge in [-0.1, -0.05) is 48.0 Å². The van der Waals surface area contributed by atoms with E-state index in [9.17, 15) is 9.59 Å². The number of fused-ring (bicyclic) bond motifs is 1. The highest BCUT2D eigenvalue weighted by molar-refractivity contribution is 7.21. The van der Waals surface area contributed by atoms with E-state index >= 15 is 0 Å². The third-order valence-corrected chi connectivity index (χ3v) is 5.91. The van der Waals surface area contributed by atoms with Crippen molar-refractivity contribution in [3.05, 3.63) is 76.3 Å². The van der Waals surface area contributed by atoms with Crippen LogP contribution in [0.15, 0.2) is 60.8 Å². The molecule has 0 aliphatic rings. The summed E-state index contributed by atoms with van der Waals surface area (Å²) < 4.78 is 7.51. The maximum absolute atomic E-state index is 13.0. The number of esters is 1. The van der Waals surface area contributed by atoms with E-state index in [4.69, 9.17) is 16.3 Å². The van der Waals surface area contributed by atoms with Gasteiger partial charge >= 0.3 is 5.97 Å². The van der Waals surface area contributed by atoms with E-state index < -0.39 is 11.9 Å². The fourth-order valence-corrected chi connectivity index (χ4v) is 4.33. The minimum Gasteiger partial charge on any atom is -0.462 e. The van der Waals surface area contributed by atoms with Gasteiger partial charge in [-0.2, -0.15) is 5.10 Å². The zero-order chi connectivity index (χ0) is 20.4. The molecular weight excluding hydrogens is 410 g/mol. The lowest BCUT2D eigenvalue weighted by molar-refractivity contribution is 0.0527. The Balaban J connectivity index is 1.76. The van der Waals surface area contributed by atoms with Crippen LogP contribution in [0.5, 0.6) is 0 Å². The largest absolute Gasteiger partial charge is 0.462 e. The van der Waals surface area contributed by atoms with Crippen LogP contribution in [0, 0.1) is 0 Å². The highest BCUT2D eigenvalue weighted by Gasteiger charge is 2.24. The fraction of sp³-hybridized carbons (Fsp3) is 0.0952. The van der Waals surface area contributed by atoms with Gasteiger partial charge in [0.25, 0.3) is 5.91 Å². The first kappa shape index (κ1) is 19.2. The topological polar surface area (TPSA) is 73.2 Å². The minimum absolute atomic E-state index is 0.168. The van der Waals surface area contributed by atoms with Gasteiger partial charge in [-0.25, -0.2) is 9.48 Å². The van der Waals surface area contributed by atoms with Gasteiger partial charge in [-0.05, 0) is 25.1 Å². The summed E-state index contributed by atoms with van der Waals surface area (Å²) in [4.78, 5) is 25.8. The van der Waals surface area contributed by atoms with Crippen molar-refractivity contribution in [2.24, 2.45) is 0 Å². The molecule has 0 aliphatic carbocycles. The number of amides is 1. The minimum atomic E-state index is -0.563. The van der Waals surface area contributed by atoms with E-state index in [0.29, 0.717) is 15.6 Å². The number of para-hydroxylation sites is 1. The molecule has 1 amide bonds. The number of anilines is 1. The molecule has 146 valence electrons. The quantitative estimate of drug-likeness (QED) is 0.448. The van der Waals surface area contributed by atoms with Crippen LogP contribution in [-0.2, 0) is 4.74 Å². The number of ether oxygens (including phenoxy) is 1. The number of halogens is 1. The number of hydrogen-bond donors (Lipinski definition) is 1. The van der Waals surface area contributed by atoms with Crippen molar-refractivity contribution in [3.8, 4) is 5.69 Å². The Morgan fingerprint density at radius 3 is 2.59 bits per heavy atom. The van der Waals surface area contributed by atoms with Crippen LogP contribution in [0.25, 0.3) is 15.8 Å². The predicted octanol–water partition coefficient (Wildman–Crippen LogP) is 5.17. The summed E-state index contributed by atoms with van der Waals surface area (Å²) in [7, 11) is 0. The van der Waals surface area contributed by atoms with Crippen molar-refractivity contribution in [1.29, 1.82) is 0 Å². The zero-order valence-corrected chi connectivity index (χ0v) is 17.0. The summed E-state index contributed by atoms with van der Waals surface area (Å²) in [6.07, 6.45) is 1.38. The molecular formula is C21H16ClN3O3S. The second kappa shape index (κ2) is 8.06. The van der Waals surface area contributed by atoms with Gasteiger partial charge < -0.3 is 10.1 Å². The fourth-order valence-electron chi connectivity index (χ4n) is 2.92. The molecule has 0 spiro atoms. The summed E-state index contributed by atoms with van der Waals surface area (Å²) in [5, 5.41) is 8.27. The molecule has 2 heterocycles. The van der Waals surface area contributed by atoms with Crippen LogP contribution in [0.2, 0.25) is 5.02 Å². The molecule has 0 unspecified atom stereocenters. The van der Waals surface area contributed by atoms with Gasteiger partial charge in [0, 0.05) is 10.1 Å². The SMILES string of the molecule is CCOC(=O)c1cnn(-c2ccccc2)c1NC(=O)c1sc2ccccc2c1Cl. The van der Waals surface area contributed by atoms with Gasteiger partial charge in [0.15, 0.2) is 5.82 Å². The average molecular weight is 426 g/mol. The Kier molecular flexibility index (Phi) is 5.33. The lowest BCUT2D eigenvalue weighted by Crippen LogP contribution is -2.17. The molecule has 4 aromatic rings. The Morgan fingerprint density at radius 2 is 1.86 bits per heavy atom. The number of nitrogens with zero attached hydrogens (tertiary/aromatic N) is 2. The second-order valence-electron chi connectivity index (χ2n) is 6.07. The Morgan fingerprint density at radius 1 is 1.14 bits per heavy atom. The molecule has 29 heavy (non-hydrogen) atoms. The van der Waals surface area contributed by atoms with Crippen LogP contribution in [-0.4, -0.2) is 28.3 Å². The molecule has 0 saturated carbocycles. The highest BCUT2D eigenvalue weighted by Crippen LogP contribution is 2.36. The van der Waals surface area contributed by atoms with Crippen molar-refractivity contribution in [2.45, 2.75) is 6.92 Å². The van der Waals surface area contributed by atoms with E-state index in [2.05, 4.69) is 10.4 Å². The maximum Gasteiger partial charge on any atom is 0.343 e. The lowest BCUT2D eigenvalue weighted by Gasteiger charge is -2.10. The number of thiophene rings is 1. The van der Waals surface area contributed by atoms with Crippen LogP contribution in [0.1, 0.15) is 27.0 Å². The normalized spacial score (nSPS) is 10.8. The van der Waals surface area contributed by atoms with Gasteiger partial charge in [0.2, 0.25) is 0 Å². The summed E-state index contributed by atoms with van der Waals surface area (Å²) in [5.41, 5.74) is 0.863. The van der Waals surface area contributed by atoms with Crippen LogP contribution >= 0.6 is 22.9 Å². The third kappa shape index (κ3) is 3.62. The van der Waals surface area contributed by atoms with Crippen LogP contribution < -0.4 is 5.32 Å². The molecule has 8 heteroatoms. The highest BCUT2D eigenvalue weighted by atomic mass is 35.5. The van der Waals surface area contributed by atoms with Crippen molar-refractivity contribution in [3.63, 3.8) is 0 Å². The van der Waals surface area contributed by atoms with Gasteiger partial charge in [-0.15, -0.1) is 11.3 Å². The van der Waals surface area contributed by atoms with Crippen molar-refractivity contribution < 1.29 is 14.3 Å². The van der Waals surface area contributed by atoms with Crippen LogP contribution in [0.4, 0.5) is 5.82 Å². The molecule has 1 N–H and O–H groups in total. The lowest BCUT2D eigenvalue weighted by atomic mass is 10.2. The molecule has 0 atom stereocenters. The first-order valence-electron chi connectivity index (χ1n) is 8.89. The first-order chi connectivity index (χ1) is 14.1. The van der Waals surface area contributed by atoms with Crippen molar-refractivity contribution in [2.75, 3.05) is 11.9 Å². The Bertz CT molecular complexity index is 1200. The Labute approximate surface area is 175 Å². The van der Waals surface area contributed by atoms with Gasteiger partial charge in [0.05, 0.1) is 23.5 Å². The number of rotatable bonds is 5. The average Bonchev–Trinajstić information content (AvgIpc) is 3.30. The molecule has 0 bridgehead atoms. The molecule has 4 rings (SSSR count). The number of carbonyl (C=O) groups excluding carboxylic acids is 2. The summed E-state index contributed by atoms with van der Waals surface area (Å²) in [6, 6.07) is 16.7. The van der Waals surface area contributed by atoms with E-state index in [1.54, 1.807) is 6.92 Å². The van der Waals surface area contributed by atoms with Crippen LogP contribution in [0.3, 0.4) is 0 Å². The van der Waals surface area contributed by atoms with Crippen molar-refractivity contribution >= 4 is 50.7 Å². The van der Waals surface area contributed by atoms with E-state index in [1.165, 1.54) is 22.2 Å². The first-order valence-corrected chi connectivity index (χ1v) is 10.1. The zero-order valence-electron chi connectivity index (χ0n) is 15.4. The molecule has 0 radical (unpaired) electrons.